The minimum atomic E-state index is -0.544. The Morgan fingerprint density at radius 2 is 1.72 bits per heavy atom. The van der Waals surface area contributed by atoms with Crippen LogP contribution in [0.5, 0.6) is 5.75 Å². The highest BCUT2D eigenvalue weighted by molar-refractivity contribution is 6.00. The molecule has 0 radical (unpaired) electrons. The molecule has 2 amide bonds. The van der Waals surface area contributed by atoms with Crippen LogP contribution in [0.2, 0.25) is 0 Å². The third-order valence-electron chi connectivity index (χ3n) is 6.90. The number of carbonyl (C=O) groups is 2. The molecule has 0 bridgehead atoms. The van der Waals surface area contributed by atoms with Gasteiger partial charge in [-0.25, -0.2) is 0 Å². The molecule has 3 aromatic rings. The number of nitrogens with zero attached hydrogens (tertiary/aromatic N) is 1. The Hall–Kier alpha value is -3.60. The zero-order valence-electron chi connectivity index (χ0n) is 21.3. The highest BCUT2D eigenvalue weighted by Crippen LogP contribution is 2.32. The van der Waals surface area contributed by atoms with Crippen LogP contribution in [0, 0.1) is 5.92 Å². The maximum Gasteiger partial charge on any atom is 0.249 e. The van der Waals surface area contributed by atoms with Crippen LogP contribution in [-0.2, 0) is 29.0 Å². The van der Waals surface area contributed by atoms with Gasteiger partial charge < -0.3 is 15.0 Å². The molecule has 1 aliphatic heterocycles. The molecule has 0 unspecified atom stereocenters. The molecule has 2 atom stereocenters. The van der Waals surface area contributed by atoms with Crippen molar-refractivity contribution in [3.8, 4) is 5.75 Å². The van der Waals surface area contributed by atoms with Gasteiger partial charge in [-0.05, 0) is 54.9 Å². The maximum absolute atomic E-state index is 13.8. The fourth-order valence-electron chi connectivity index (χ4n) is 4.50. The summed E-state index contributed by atoms with van der Waals surface area (Å²) in [6.07, 6.45) is 3.91. The average Bonchev–Trinajstić information content (AvgIpc) is 3.04. The summed E-state index contributed by atoms with van der Waals surface area (Å²) in [5.74, 6) is 0.496. The topological polar surface area (TPSA) is 58.6 Å². The number of fused-ring (bicyclic) bond motifs is 1. The summed E-state index contributed by atoms with van der Waals surface area (Å²) in [6.45, 7) is 4.93. The molecule has 0 saturated carbocycles. The number of benzene rings is 3. The van der Waals surface area contributed by atoms with Gasteiger partial charge in [-0.1, -0.05) is 80.6 Å². The van der Waals surface area contributed by atoms with Crippen LogP contribution < -0.4 is 15.0 Å². The first-order chi connectivity index (χ1) is 17.5. The summed E-state index contributed by atoms with van der Waals surface area (Å²) in [6, 6.07) is 25.9. The van der Waals surface area contributed by atoms with Crippen molar-refractivity contribution in [2.45, 2.75) is 58.5 Å². The van der Waals surface area contributed by atoms with E-state index in [0.29, 0.717) is 26.0 Å². The van der Waals surface area contributed by atoms with Crippen LogP contribution in [0.15, 0.2) is 78.9 Å². The number of nitrogens with one attached hydrogen (secondary N) is 1. The molecule has 1 aliphatic rings. The third-order valence-corrected chi connectivity index (χ3v) is 6.90. The Morgan fingerprint density at radius 3 is 2.42 bits per heavy atom. The second-order valence-corrected chi connectivity index (χ2v) is 9.55. The average molecular weight is 485 g/mol. The SMILES string of the molecule is CC[C@@H](C)C(=O)N[C@H]1CCc2ccc(OCCCc3ccccc3)cc2N(Cc2ccccc2)C1=O. The number of hydrogen-bond acceptors (Lipinski definition) is 3. The van der Waals surface area contributed by atoms with E-state index in [2.05, 4.69) is 35.6 Å². The van der Waals surface area contributed by atoms with E-state index >= 15 is 0 Å². The van der Waals surface area contributed by atoms with E-state index in [1.807, 2.05) is 67.3 Å². The zero-order chi connectivity index (χ0) is 25.3. The number of aryl methyl sites for hydroxylation is 2. The van der Waals surface area contributed by atoms with Crippen molar-refractivity contribution < 1.29 is 14.3 Å². The first kappa shape index (κ1) is 25.5. The molecule has 0 aliphatic carbocycles. The van der Waals surface area contributed by atoms with Gasteiger partial charge in [-0.3, -0.25) is 9.59 Å². The van der Waals surface area contributed by atoms with Gasteiger partial charge in [0.2, 0.25) is 11.8 Å². The van der Waals surface area contributed by atoms with E-state index in [4.69, 9.17) is 4.74 Å². The van der Waals surface area contributed by atoms with E-state index in [-0.39, 0.29) is 17.7 Å². The lowest BCUT2D eigenvalue weighted by Crippen LogP contribution is -2.49. The van der Waals surface area contributed by atoms with Gasteiger partial charge in [0.05, 0.1) is 18.8 Å². The number of rotatable bonds is 10. The Labute approximate surface area is 214 Å². The van der Waals surface area contributed by atoms with Crippen LogP contribution in [0.4, 0.5) is 5.69 Å². The molecule has 1 N–H and O–H groups in total. The minimum Gasteiger partial charge on any atom is -0.494 e. The van der Waals surface area contributed by atoms with Crippen molar-refractivity contribution in [3.05, 3.63) is 95.6 Å². The molecular formula is C31H36N2O3. The van der Waals surface area contributed by atoms with E-state index in [0.717, 1.165) is 41.8 Å². The normalized spacial score (nSPS) is 16.1. The molecule has 188 valence electrons. The fraction of sp³-hybridized carbons (Fsp3) is 0.355. The Morgan fingerprint density at radius 1 is 1.03 bits per heavy atom. The van der Waals surface area contributed by atoms with Crippen LogP contribution in [0.1, 0.15) is 49.8 Å². The maximum atomic E-state index is 13.8. The molecule has 5 heteroatoms. The molecule has 5 nitrogen and oxygen atoms in total. The summed E-state index contributed by atoms with van der Waals surface area (Å²) < 4.78 is 6.10. The number of amides is 2. The van der Waals surface area contributed by atoms with Gasteiger partial charge in [0.25, 0.3) is 0 Å². The summed E-state index contributed by atoms with van der Waals surface area (Å²) in [5.41, 5.74) is 4.30. The summed E-state index contributed by atoms with van der Waals surface area (Å²) in [7, 11) is 0. The summed E-state index contributed by atoms with van der Waals surface area (Å²) >= 11 is 0. The lowest BCUT2D eigenvalue weighted by Gasteiger charge is -2.27. The van der Waals surface area contributed by atoms with Crippen molar-refractivity contribution in [2.24, 2.45) is 5.92 Å². The molecule has 0 aromatic heterocycles. The predicted molar refractivity (Wildman–Crippen MR) is 144 cm³/mol. The van der Waals surface area contributed by atoms with Crippen molar-refractivity contribution in [1.82, 2.24) is 5.32 Å². The molecular weight excluding hydrogens is 448 g/mol. The zero-order valence-corrected chi connectivity index (χ0v) is 21.3. The molecule has 36 heavy (non-hydrogen) atoms. The molecule has 3 aromatic carbocycles. The smallest absolute Gasteiger partial charge is 0.249 e. The summed E-state index contributed by atoms with van der Waals surface area (Å²) in [5, 5.41) is 3.02. The first-order valence-electron chi connectivity index (χ1n) is 13.0. The lowest BCUT2D eigenvalue weighted by molar-refractivity contribution is -0.129. The van der Waals surface area contributed by atoms with Crippen molar-refractivity contribution >= 4 is 17.5 Å². The van der Waals surface area contributed by atoms with E-state index in [1.165, 1.54) is 5.56 Å². The second-order valence-electron chi connectivity index (χ2n) is 9.55. The molecule has 0 saturated heterocycles. The molecule has 0 spiro atoms. The standard InChI is InChI=1S/C31H36N2O3/c1-3-23(2)30(34)32-28-19-17-26-16-18-27(36-20-10-15-24-11-6-4-7-12-24)21-29(26)33(31(28)35)22-25-13-8-5-9-14-25/h4-9,11-14,16,18,21,23,28H,3,10,15,17,19-20,22H2,1-2H3,(H,32,34)/t23-,28+/m1/s1. The van der Waals surface area contributed by atoms with Crippen molar-refractivity contribution in [1.29, 1.82) is 0 Å². The van der Waals surface area contributed by atoms with Gasteiger partial charge in [-0.15, -0.1) is 0 Å². The minimum absolute atomic E-state index is 0.0658. The van der Waals surface area contributed by atoms with Gasteiger partial charge >= 0.3 is 0 Å². The van der Waals surface area contributed by atoms with Gasteiger partial charge in [0.1, 0.15) is 11.8 Å². The highest BCUT2D eigenvalue weighted by atomic mass is 16.5. The predicted octanol–water partition coefficient (Wildman–Crippen LogP) is 5.71. The van der Waals surface area contributed by atoms with Gasteiger partial charge in [-0.2, -0.15) is 0 Å². The number of anilines is 1. The first-order valence-corrected chi connectivity index (χ1v) is 13.0. The van der Waals surface area contributed by atoms with Crippen molar-refractivity contribution in [2.75, 3.05) is 11.5 Å². The van der Waals surface area contributed by atoms with Crippen LogP contribution in [-0.4, -0.2) is 24.5 Å². The number of carbonyl (C=O) groups excluding carboxylic acids is 2. The quantitative estimate of drug-likeness (QED) is 0.375. The third kappa shape index (κ3) is 6.54. The lowest BCUT2D eigenvalue weighted by atomic mass is 10.0. The highest BCUT2D eigenvalue weighted by Gasteiger charge is 2.32. The van der Waals surface area contributed by atoms with Crippen molar-refractivity contribution in [3.63, 3.8) is 0 Å². The molecule has 1 heterocycles. The number of ether oxygens (including phenoxy) is 1. The van der Waals surface area contributed by atoms with Gasteiger partial charge in [0.15, 0.2) is 0 Å². The van der Waals surface area contributed by atoms with Crippen LogP contribution >= 0.6 is 0 Å². The van der Waals surface area contributed by atoms with Crippen LogP contribution in [0.25, 0.3) is 0 Å². The summed E-state index contributed by atoms with van der Waals surface area (Å²) in [4.78, 5) is 28.2. The second kappa shape index (κ2) is 12.4. The largest absolute Gasteiger partial charge is 0.494 e. The molecule has 4 rings (SSSR count). The van der Waals surface area contributed by atoms with E-state index < -0.39 is 6.04 Å². The Bertz CT molecular complexity index is 1150. The Balaban J connectivity index is 1.52. The molecule has 0 fully saturated rings. The van der Waals surface area contributed by atoms with E-state index in [9.17, 15) is 9.59 Å². The van der Waals surface area contributed by atoms with E-state index in [1.54, 1.807) is 0 Å². The number of hydrogen-bond donors (Lipinski definition) is 1. The van der Waals surface area contributed by atoms with Gasteiger partial charge in [0, 0.05) is 12.0 Å². The Kier molecular flexibility index (Phi) is 8.77. The fourth-order valence-corrected chi connectivity index (χ4v) is 4.50. The monoisotopic (exact) mass is 484 g/mol. The van der Waals surface area contributed by atoms with Crippen LogP contribution in [0.3, 0.4) is 0 Å².